The summed E-state index contributed by atoms with van der Waals surface area (Å²) in [7, 11) is 2.20. The first-order valence-electron chi connectivity index (χ1n) is 7.78. The van der Waals surface area contributed by atoms with Gasteiger partial charge in [0, 0.05) is 36.7 Å². The van der Waals surface area contributed by atoms with Crippen LogP contribution in [0.4, 0.5) is 5.69 Å². The number of piperidine rings is 2. The van der Waals surface area contributed by atoms with E-state index in [9.17, 15) is 4.79 Å². The largest absolute Gasteiger partial charge is 0.398 e. The molecule has 1 aromatic heterocycles. The Balaban J connectivity index is 1.74. The molecular weight excluding hydrogens is 264 g/mol. The molecule has 2 atom stereocenters. The number of aromatic nitrogens is 1. The van der Waals surface area contributed by atoms with Gasteiger partial charge in [0.05, 0.1) is 5.56 Å². The van der Waals surface area contributed by atoms with E-state index in [4.69, 9.17) is 5.73 Å². The molecule has 2 aliphatic heterocycles. The van der Waals surface area contributed by atoms with Crippen molar-refractivity contribution in [2.24, 2.45) is 5.92 Å². The summed E-state index contributed by atoms with van der Waals surface area (Å²) in [5, 5.41) is 0. The van der Waals surface area contributed by atoms with E-state index in [-0.39, 0.29) is 5.91 Å². The van der Waals surface area contributed by atoms with E-state index in [0.717, 1.165) is 25.2 Å². The number of carbonyl (C=O) groups is 1. The van der Waals surface area contributed by atoms with E-state index in [1.54, 1.807) is 12.3 Å². The normalized spacial score (nSPS) is 26.5. The zero-order valence-corrected chi connectivity index (χ0v) is 12.9. The molecule has 2 aliphatic rings. The van der Waals surface area contributed by atoms with Gasteiger partial charge in [0.15, 0.2) is 0 Å². The molecule has 3 heterocycles. The molecule has 1 amide bonds. The fraction of sp³-hybridized carbons (Fsp3) is 0.625. The molecule has 5 nitrogen and oxygen atoms in total. The monoisotopic (exact) mass is 288 g/mol. The van der Waals surface area contributed by atoms with Crippen LogP contribution in [0.15, 0.2) is 12.3 Å². The quantitative estimate of drug-likeness (QED) is 0.851. The summed E-state index contributed by atoms with van der Waals surface area (Å²) in [6, 6.07) is 2.41. The number of hydrogen-bond donors (Lipinski definition) is 1. The molecule has 0 aliphatic carbocycles. The van der Waals surface area contributed by atoms with Crippen LogP contribution in [0.5, 0.6) is 0 Å². The molecule has 21 heavy (non-hydrogen) atoms. The second kappa shape index (κ2) is 5.64. The van der Waals surface area contributed by atoms with Crippen LogP contribution < -0.4 is 5.73 Å². The molecule has 2 unspecified atom stereocenters. The van der Waals surface area contributed by atoms with Gasteiger partial charge in [0.25, 0.3) is 5.91 Å². The number of likely N-dealkylation sites (tertiary alicyclic amines) is 2. The van der Waals surface area contributed by atoms with E-state index in [0.29, 0.717) is 23.2 Å². The summed E-state index contributed by atoms with van der Waals surface area (Å²) in [6.45, 7) is 4.73. The molecule has 114 valence electrons. The van der Waals surface area contributed by atoms with Gasteiger partial charge in [0.1, 0.15) is 0 Å². The number of carbonyl (C=O) groups excluding carboxylic acids is 1. The number of nitrogens with zero attached hydrogens (tertiary/aromatic N) is 3. The Hall–Kier alpha value is -1.62. The molecule has 0 saturated carbocycles. The Morgan fingerprint density at radius 2 is 2.19 bits per heavy atom. The third kappa shape index (κ3) is 2.75. The van der Waals surface area contributed by atoms with Gasteiger partial charge in [-0.2, -0.15) is 0 Å². The predicted molar refractivity (Wildman–Crippen MR) is 83.0 cm³/mol. The minimum atomic E-state index is 0.0340. The number of rotatable bonds is 1. The molecule has 0 aromatic carbocycles. The number of nitrogens with two attached hydrogens (primary N) is 1. The minimum absolute atomic E-state index is 0.0340. The lowest BCUT2D eigenvalue weighted by atomic mass is 9.84. The van der Waals surface area contributed by atoms with Crippen LogP contribution in [0.25, 0.3) is 0 Å². The van der Waals surface area contributed by atoms with Crippen LogP contribution in [0.3, 0.4) is 0 Å². The maximum absolute atomic E-state index is 12.7. The zero-order chi connectivity index (χ0) is 15.0. The van der Waals surface area contributed by atoms with Gasteiger partial charge in [0.2, 0.25) is 0 Å². The summed E-state index contributed by atoms with van der Waals surface area (Å²) in [6.07, 6.45) is 5.13. The van der Waals surface area contributed by atoms with Gasteiger partial charge < -0.3 is 15.5 Å². The van der Waals surface area contributed by atoms with Crippen LogP contribution in [-0.4, -0.2) is 53.4 Å². The van der Waals surface area contributed by atoms with E-state index < -0.39 is 0 Å². The number of aryl methyl sites for hydroxylation is 1. The number of pyridine rings is 1. The zero-order valence-electron chi connectivity index (χ0n) is 12.9. The maximum atomic E-state index is 12.7. The van der Waals surface area contributed by atoms with Crippen molar-refractivity contribution in [2.45, 2.75) is 32.2 Å². The molecule has 1 aromatic rings. The molecule has 0 spiro atoms. The molecular formula is C16H24N4O. The summed E-state index contributed by atoms with van der Waals surface area (Å²) in [5.41, 5.74) is 7.91. The average molecular weight is 288 g/mol. The third-order valence-corrected chi connectivity index (χ3v) is 4.94. The summed E-state index contributed by atoms with van der Waals surface area (Å²) in [5.74, 6) is 0.632. The molecule has 0 bridgehead atoms. The second-order valence-electron chi connectivity index (χ2n) is 6.40. The van der Waals surface area contributed by atoms with Crippen molar-refractivity contribution >= 4 is 11.6 Å². The van der Waals surface area contributed by atoms with E-state index >= 15 is 0 Å². The molecule has 3 rings (SSSR count). The summed E-state index contributed by atoms with van der Waals surface area (Å²) in [4.78, 5) is 21.3. The highest BCUT2D eigenvalue weighted by molar-refractivity contribution is 5.98. The molecule has 2 saturated heterocycles. The van der Waals surface area contributed by atoms with Gasteiger partial charge in [-0.15, -0.1) is 0 Å². The van der Waals surface area contributed by atoms with E-state index in [1.165, 1.54) is 19.4 Å². The highest BCUT2D eigenvalue weighted by atomic mass is 16.2. The van der Waals surface area contributed by atoms with Crippen molar-refractivity contribution in [1.29, 1.82) is 0 Å². The van der Waals surface area contributed by atoms with Gasteiger partial charge >= 0.3 is 0 Å². The number of amides is 1. The first kappa shape index (κ1) is 14.3. The molecule has 2 N–H and O–H groups in total. The Labute approximate surface area is 126 Å². The van der Waals surface area contributed by atoms with Crippen LogP contribution >= 0.6 is 0 Å². The van der Waals surface area contributed by atoms with Crippen molar-refractivity contribution < 1.29 is 4.79 Å². The van der Waals surface area contributed by atoms with Crippen molar-refractivity contribution in [3.05, 3.63) is 23.5 Å². The summed E-state index contributed by atoms with van der Waals surface area (Å²) >= 11 is 0. The highest BCUT2D eigenvalue weighted by Crippen LogP contribution is 2.30. The fourth-order valence-electron chi connectivity index (χ4n) is 3.77. The van der Waals surface area contributed by atoms with Gasteiger partial charge in [-0.25, -0.2) is 0 Å². The lowest BCUT2D eigenvalue weighted by Gasteiger charge is -2.46. The van der Waals surface area contributed by atoms with E-state index in [1.807, 2.05) is 11.8 Å². The molecule has 5 heteroatoms. The average Bonchev–Trinajstić information content (AvgIpc) is 2.46. The van der Waals surface area contributed by atoms with Crippen LogP contribution in [0.2, 0.25) is 0 Å². The SMILES string of the molecule is Cc1cc(N)c(C(=O)N2CCC3C(CCCN3C)C2)cn1. The lowest BCUT2D eigenvalue weighted by molar-refractivity contribution is 0.0317. The van der Waals surface area contributed by atoms with Gasteiger partial charge in [-0.3, -0.25) is 9.78 Å². The maximum Gasteiger partial charge on any atom is 0.257 e. The first-order chi connectivity index (χ1) is 10.1. The third-order valence-electron chi connectivity index (χ3n) is 4.94. The topological polar surface area (TPSA) is 62.5 Å². The van der Waals surface area contributed by atoms with Gasteiger partial charge in [-0.05, 0) is 51.8 Å². The van der Waals surface area contributed by atoms with Crippen molar-refractivity contribution in [3.8, 4) is 0 Å². The predicted octanol–water partition coefficient (Wildman–Crippen LogP) is 1.53. The van der Waals surface area contributed by atoms with Crippen molar-refractivity contribution in [3.63, 3.8) is 0 Å². The summed E-state index contributed by atoms with van der Waals surface area (Å²) < 4.78 is 0. The van der Waals surface area contributed by atoms with Crippen molar-refractivity contribution in [2.75, 3.05) is 32.4 Å². The second-order valence-corrected chi connectivity index (χ2v) is 6.40. The number of hydrogen-bond acceptors (Lipinski definition) is 4. The van der Waals surface area contributed by atoms with E-state index in [2.05, 4.69) is 16.9 Å². The highest BCUT2D eigenvalue weighted by Gasteiger charge is 2.36. The standard InChI is InChI=1S/C16H24N4O/c1-11-8-14(17)13(9-18-11)16(21)20-7-5-15-12(10-20)4-3-6-19(15)2/h8-9,12,15H,3-7,10H2,1-2H3,(H2,17,18). The number of fused-ring (bicyclic) bond motifs is 1. The Morgan fingerprint density at radius 1 is 1.38 bits per heavy atom. The number of nitrogen functional groups attached to an aromatic ring is 1. The molecule has 0 radical (unpaired) electrons. The Kier molecular flexibility index (Phi) is 3.85. The smallest absolute Gasteiger partial charge is 0.257 e. The Morgan fingerprint density at radius 3 is 2.95 bits per heavy atom. The first-order valence-corrected chi connectivity index (χ1v) is 7.78. The molecule has 2 fully saturated rings. The fourth-order valence-corrected chi connectivity index (χ4v) is 3.77. The van der Waals surface area contributed by atoms with Crippen LogP contribution in [0.1, 0.15) is 35.3 Å². The Bertz CT molecular complexity index is 545. The van der Waals surface area contributed by atoms with Crippen LogP contribution in [0, 0.1) is 12.8 Å². The van der Waals surface area contributed by atoms with Crippen LogP contribution in [-0.2, 0) is 0 Å². The number of anilines is 1. The lowest BCUT2D eigenvalue weighted by Crippen LogP contribution is -2.54. The van der Waals surface area contributed by atoms with Gasteiger partial charge in [-0.1, -0.05) is 0 Å². The van der Waals surface area contributed by atoms with Crippen molar-refractivity contribution in [1.82, 2.24) is 14.8 Å². The minimum Gasteiger partial charge on any atom is -0.398 e.